The molecule has 0 atom stereocenters. The lowest BCUT2D eigenvalue weighted by atomic mass is 10.1. The normalized spacial score (nSPS) is 11.3. The van der Waals surface area contributed by atoms with Crippen molar-refractivity contribution >= 4 is 28.0 Å². The average molecular weight is 410 g/mol. The Hall–Kier alpha value is -4.00. The van der Waals surface area contributed by atoms with Crippen molar-refractivity contribution in [1.29, 1.82) is 0 Å². The maximum Gasteiger partial charge on any atom is 0.251 e. The highest BCUT2D eigenvalue weighted by Gasteiger charge is 2.15. The van der Waals surface area contributed by atoms with Gasteiger partial charge in [0, 0.05) is 35.4 Å². The van der Waals surface area contributed by atoms with Crippen molar-refractivity contribution in [2.24, 2.45) is 0 Å². The molecule has 31 heavy (non-hydrogen) atoms. The Morgan fingerprint density at radius 1 is 1.13 bits per heavy atom. The first kappa shape index (κ1) is 19.0. The van der Waals surface area contributed by atoms with Crippen molar-refractivity contribution in [3.8, 4) is 5.69 Å². The van der Waals surface area contributed by atoms with Gasteiger partial charge in [-0.1, -0.05) is 22.9 Å². The van der Waals surface area contributed by atoms with E-state index >= 15 is 0 Å². The number of hydrogen-bond donors (Lipinski definition) is 2. The average Bonchev–Trinajstić information content (AvgIpc) is 3.38. The van der Waals surface area contributed by atoms with Crippen LogP contribution in [-0.2, 0) is 6.42 Å². The van der Waals surface area contributed by atoms with Crippen molar-refractivity contribution < 1.29 is 4.79 Å². The molecular formula is C24H22N6O. The van der Waals surface area contributed by atoms with Crippen LogP contribution in [-0.4, -0.2) is 37.4 Å². The van der Waals surface area contributed by atoms with Gasteiger partial charge in [0.1, 0.15) is 5.52 Å². The number of carbonyl (C=O) groups excluding carboxylic acids is 1. The molecule has 3 heterocycles. The van der Waals surface area contributed by atoms with E-state index < -0.39 is 0 Å². The molecule has 7 heteroatoms. The first-order chi connectivity index (χ1) is 15.1. The SMILES string of the molecule is Cc1ccc2[nH]cc(CCNC(=O)c3cccc(-n4nnc5cccnc54)c3C)c2c1. The summed E-state index contributed by atoms with van der Waals surface area (Å²) in [5.74, 6) is -0.104. The van der Waals surface area contributed by atoms with Gasteiger partial charge in [0.15, 0.2) is 5.65 Å². The summed E-state index contributed by atoms with van der Waals surface area (Å²) in [6.45, 7) is 4.56. The Bertz CT molecular complexity index is 1410. The van der Waals surface area contributed by atoms with E-state index in [9.17, 15) is 4.79 Å². The van der Waals surface area contributed by atoms with Gasteiger partial charge in [0.05, 0.1) is 5.69 Å². The van der Waals surface area contributed by atoms with Crippen LogP contribution in [0.15, 0.2) is 60.9 Å². The van der Waals surface area contributed by atoms with Crippen molar-refractivity contribution in [3.63, 3.8) is 0 Å². The third-order valence-electron chi connectivity index (χ3n) is 5.59. The molecule has 0 radical (unpaired) electrons. The van der Waals surface area contributed by atoms with Crippen LogP contribution in [0.2, 0.25) is 0 Å². The molecule has 5 aromatic rings. The van der Waals surface area contributed by atoms with E-state index in [4.69, 9.17) is 0 Å². The predicted octanol–water partition coefficient (Wildman–Crippen LogP) is 3.89. The first-order valence-corrected chi connectivity index (χ1v) is 10.2. The van der Waals surface area contributed by atoms with Crippen LogP contribution >= 0.6 is 0 Å². The highest BCUT2D eigenvalue weighted by atomic mass is 16.1. The Kier molecular flexibility index (Phi) is 4.71. The van der Waals surface area contributed by atoms with E-state index in [2.05, 4.69) is 50.7 Å². The molecule has 0 bridgehead atoms. The Morgan fingerprint density at radius 2 is 2.03 bits per heavy atom. The lowest BCUT2D eigenvalue weighted by molar-refractivity contribution is 0.0953. The van der Waals surface area contributed by atoms with Crippen LogP contribution in [0.1, 0.15) is 27.0 Å². The van der Waals surface area contributed by atoms with Crippen molar-refractivity contribution in [1.82, 2.24) is 30.3 Å². The topological polar surface area (TPSA) is 88.5 Å². The largest absolute Gasteiger partial charge is 0.361 e. The summed E-state index contributed by atoms with van der Waals surface area (Å²) < 4.78 is 1.68. The molecule has 0 aliphatic carbocycles. The fourth-order valence-corrected chi connectivity index (χ4v) is 3.93. The molecule has 0 spiro atoms. The quantitative estimate of drug-likeness (QED) is 0.460. The molecule has 0 fully saturated rings. The lowest BCUT2D eigenvalue weighted by Crippen LogP contribution is -2.26. The number of amides is 1. The Labute approximate surface area is 179 Å². The predicted molar refractivity (Wildman–Crippen MR) is 120 cm³/mol. The molecule has 1 amide bonds. The van der Waals surface area contributed by atoms with Gasteiger partial charge in [-0.05, 0) is 67.8 Å². The fraction of sp³-hybridized carbons (Fsp3) is 0.167. The molecular weight excluding hydrogens is 388 g/mol. The number of benzene rings is 2. The Morgan fingerprint density at radius 3 is 2.94 bits per heavy atom. The number of nitrogens with zero attached hydrogens (tertiary/aromatic N) is 4. The number of rotatable bonds is 5. The van der Waals surface area contributed by atoms with Gasteiger partial charge in [-0.15, -0.1) is 5.10 Å². The van der Waals surface area contributed by atoms with Gasteiger partial charge < -0.3 is 10.3 Å². The molecule has 7 nitrogen and oxygen atoms in total. The van der Waals surface area contributed by atoms with E-state index in [-0.39, 0.29) is 5.91 Å². The smallest absolute Gasteiger partial charge is 0.251 e. The van der Waals surface area contributed by atoms with Gasteiger partial charge in [-0.2, -0.15) is 4.68 Å². The highest BCUT2D eigenvalue weighted by molar-refractivity contribution is 5.96. The van der Waals surface area contributed by atoms with E-state index in [1.807, 2.05) is 43.5 Å². The fourth-order valence-electron chi connectivity index (χ4n) is 3.93. The summed E-state index contributed by atoms with van der Waals surface area (Å²) in [5.41, 5.74) is 7.16. The number of fused-ring (bicyclic) bond motifs is 2. The standard InChI is InChI=1S/C24H22N6O/c1-15-8-9-20-19(13-15)17(14-27-20)10-12-26-24(31)18-5-3-7-22(16(18)2)30-23-21(28-29-30)6-4-11-25-23/h3-9,11,13-14,27H,10,12H2,1-2H3,(H,26,31). The van der Waals surface area contributed by atoms with Gasteiger partial charge in [0.25, 0.3) is 5.91 Å². The monoisotopic (exact) mass is 410 g/mol. The van der Waals surface area contributed by atoms with Crippen molar-refractivity contribution in [2.75, 3.05) is 6.54 Å². The van der Waals surface area contributed by atoms with Crippen LogP contribution in [0.5, 0.6) is 0 Å². The molecule has 0 saturated heterocycles. The van der Waals surface area contributed by atoms with Crippen LogP contribution in [0.25, 0.3) is 27.8 Å². The zero-order valence-corrected chi connectivity index (χ0v) is 17.4. The maximum atomic E-state index is 12.9. The summed E-state index contributed by atoms with van der Waals surface area (Å²) in [6, 6.07) is 15.7. The molecule has 5 rings (SSSR count). The number of hydrogen-bond acceptors (Lipinski definition) is 4. The number of H-pyrrole nitrogens is 1. The van der Waals surface area contributed by atoms with Gasteiger partial charge >= 0.3 is 0 Å². The molecule has 2 N–H and O–H groups in total. The third-order valence-corrected chi connectivity index (χ3v) is 5.59. The number of pyridine rings is 1. The zero-order valence-electron chi connectivity index (χ0n) is 17.4. The van der Waals surface area contributed by atoms with Crippen LogP contribution in [0.4, 0.5) is 0 Å². The van der Waals surface area contributed by atoms with Crippen LogP contribution < -0.4 is 5.32 Å². The number of aryl methyl sites for hydroxylation is 1. The van der Waals surface area contributed by atoms with E-state index in [1.54, 1.807) is 10.9 Å². The second-order valence-corrected chi connectivity index (χ2v) is 7.67. The van der Waals surface area contributed by atoms with E-state index in [1.165, 1.54) is 16.5 Å². The number of nitrogens with one attached hydrogen (secondary N) is 2. The number of aromatic nitrogens is 5. The summed E-state index contributed by atoms with van der Waals surface area (Å²) in [5, 5.41) is 12.7. The summed E-state index contributed by atoms with van der Waals surface area (Å²) in [6.07, 6.45) is 4.48. The van der Waals surface area contributed by atoms with Gasteiger partial charge in [-0.25, -0.2) is 4.98 Å². The third kappa shape index (κ3) is 3.44. The minimum absolute atomic E-state index is 0.104. The molecule has 0 aliphatic heterocycles. The van der Waals surface area contributed by atoms with E-state index in [0.29, 0.717) is 23.3 Å². The van der Waals surface area contributed by atoms with Crippen molar-refractivity contribution in [3.05, 3.63) is 83.2 Å². The van der Waals surface area contributed by atoms with Gasteiger partial charge in [0.2, 0.25) is 0 Å². The molecule has 154 valence electrons. The summed E-state index contributed by atoms with van der Waals surface area (Å²) in [7, 11) is 0. The van der Waals surface area contributed by atoms with E-state index in [0.717, 1.165) is 23.2 Å². The van der Waals surface area contributed by atoms with Gasteiger partial charge in [-0.3, -0.25) is 4.79 Å². The molecule has 2 aromatic carbocycles. The first-order valence-electron chi connectivity index (χ1n) is 10.2. The minimum atomic E-state index is -0.104. The summed E-state index contributed by atoms with van der Waals surface area (Å²) >= 11 is 0. The number of carbonyl (C=O) groups is 1. The van der Waals surface area contributed by atoms with Crippen LogP contribution in [0, 0.1) is 13.8 Å². The second kappa shape index (κ2) is 7.68. The summed E-state index contributed by atoms with van der Waals surface area (Å²) in [4.78, 5) is 20.6. The minimum Gasteiger partial charge on any atom is -0.361 e. The maximum absolute atomic E-state index is 12.9. The van der Waals surface area contributed by atoms with Crippen molar-refractivity contribution in [2.45, 2.75) is 20.3 Å². The zero-order chi connectivity index (χ0) is 21.4. The second-order valence-electron chi connectivity index (χ2n) is 7.67. The molecule has 3 aromatic heterocycles. The number of aromatic amines is 1. The Balaban J connectivity index is 1.35. The molecule has 0 aliphatic rings. The van der Waals surface area contributed by atoms with Crippen LogP contribution in [0.3, 0.4) is 0 Å². The molecule has 0 unspecified atom stereocenters. The highest BCUT2D eigenvalue weighted by Crippen LogP contribution is 2.22. The lowest BCUT2D eigenvalue weighted by Gasteiger charge is -2.11. The molecule has 0 saturated carbocycles.